The number of carbonyl (C=O) groups excluding carboxylic acids is 1. The Morgan fingerprint density at radius 2 is 1.93 bits per heavy atom. The number of nitrogens with zero attached hydrogens (tertiary/aromatic N) is 3. The van der Waals surface area contributed by atoms with Gasteiger partial charge < -0.3 is 14.4 Å². The first-order valence-electron chi connectivity index (χ1n) is 20.7. The fourth-order valence-corrected chi connectivity index (χ4v) is 13.0. The van der Waals surface area contributed by atoms with E-state index in [1.165, 1.54) is 36.9 Å². The number of fused-ring (bicyclic) bond motifs is 6. The summed E-state index contributed by atoms with van der Waals surface area (Å²) in [6, 6.07) is 12.4. The van der Waals surface area contributed by atoms with E-state index in [2.05, 4.69) is 50.6 Å². The number of piperidine rings is 1. The van der Waals surface area contributed by atoms with Gasteiger partial charge in [0, 0.05) is 67.9 Å². The summed E-state index contributed by atoms with van der Waals surface area (Å²) in [6.07, 6.45) is 14.8. The van der Waals surface area contributed by atoms with Crippen LogP contribution in [0.2, 0.25) is 5.02 Å². The zero-order valence-corrected chi connectivity index (χ0v) is 33.6. The van der Waals surface area contributed by atoms with Crippen molar-refractivity contribution >= 4 is 33.2 Å². The van der Waals surface area contributed by atoms with Gasteiger partial charge in [-0.05, 0) is 137 Å². The molecule has 4 fully saturated rings. The van der Waals surface area contributed by atoms with Crippen LogP contribution in [0, 0.1) is 17.8 Å². The molecule has 1 spiro atoms. The number of piperazine rings is 1. The Bertz CT molecular complexity index is 1920. The minimum absolute atomic E-state index is 0.0605. The number of anilines is 1. The van der Waals surface area contributed by atoms with E-state index < -0.39 is 26.3 Å². The molecule has 2 saturated heterocycles. The maximum absolute atomic E-state index is 13.8. The number of sulfonamides is 1. The van der Waals surface area contributed by atoms with Gasteiger partial charge in [-0.1, -0.05) is 36.2 Å². The number of nitrogens with one attached hydrogen (secondary N) is 1. The molecule has 4 heterocycles. The SMILES string of the molecule is CCO[C@@]1(CN2CCN3CCCC[C@@H]3C2)/C=C/C[C@@H]2C[C@@]2(C)S(=O)(=O)NC(=O)c2ccc3c(c2)N(C[C@@H]2CC[C@H]21)C[C@@]1(CCCc2cc(Cl)ccc21)CO3. The van der Waals surface area contributed by atoms with Crippen LogP contribution in [0.15, 0.2) is 48.6 Å². The average molecular weight is 777 g/mol. The van der Waals surface area contributed by atoms with Crippen LogP contribution >= 0.6 is 11.6 Å². The van der Waals surface area contributed by atoms with E-state index in [0.717, 1.165) is 87.8 Å². The number of amides is 1. The van der Waals surface area contributed by atoms with Gasteiger partial charge in [0.25, 0.3) is 5.91 Å². The number of halogens is 1. The molecule has 4 aliphatic heterocycles. The number of ether oxygens (including phenoxy) is 2. The number of aryl methyl sites for hydroxylation is 1. The molecule has 9 nitrogen and oxygen atoms in total. The summed E-state index contributed by atoms with van der Waals surface area (Å²) >= 11 is 6.53. The zero-order chi connectivity index (χ0) is 37.3. The lowest BCUT2D eigenvalue weighted by atomic mass is 9.63. The van der Waals surface area contributed by atoms with Crippen molar-refractivity contribution in [1.29, 1.82) is 0 Å². The topological polar surface area (TPSA) is 91.4 Å². The fraction of sp³-hybridized carbons (Fsp3) is 0.651. The predicted molar refractivity (Wildman–Crippen MR) is 213 cm³/mol. The Hall–Kier alpha value is -2.63. The van der Waals surface area contributed by atoms with Gasteiger partial charge in [0.2, 0.25) is 10.0 Å². The van der Waals surface area contributed by atoms with Crippen LogP contribution in [-0.4, -0.2) is 99.5 Å². The Kier molecular flexibility index (Phi) is 9.64. The van der Waals surface area contributed by atoms with Gasteiger partial charge in [0.1, 0.15) is 11.4 Å². The molecule has 7 atom stereocenters. The zero-order valence-electron chi connectivity index (χ0n) is 32.0. The maximum atomic E-state index is 13.8. The standard InChI is InChI=1S/C43H57ClN4O5S/c1-3-53-43(28-46-20-21-47-19-5-4-10-35(47)26-46)18-7-9-33-24-41(33,2)54(50,51)45-40(49)31-12-16-39-38(23-31)48(25-32-11-14-37(32)43)27-42(29-52-39)17-6-8-30-22-34(44)13-15-36(30)42/h7,12-13,15-16,18,22-23,32-33,35,37H,3-6,8-11,14,17,19-21,24-29H2,1-2H3,(H,45,49)/b18-7+/t32-,33+,35+,37+,41+,42-,43+/m0/s1. The largest absolute Gasteiger partial charge is 0.490 e. The first-order valence-corrected chi connectivity index (χ1v) is 22.5. The van der Waals surface area contributed by atoms with Crippen molar-refractivity contribution in [3.05, 3.63) is 70.3 Å². The van der Waals surface area contributed by atoms with Gasteiger partial charge in [0.15, 0.2) is 0 Å². The number of rotatable bonds is 4. The van der Waals surface area contributed by atoms with Gasteiger partial charge in [-0.3, -0.25) is 14.6 Å². The highest BCUT2D eigenvalue weighted by Crippen LogP contribution is 2.53. The first kappa shape index (κ1) is 37.0. The van der Waals surface area contributed by atoms with Crippen molar-refractivity contribution < 1.29 is 22.7 Å². The molecule has 2 saturated carbocycles. The molecule has 0 unspecified atom stereocenters. The number of benzene rings is 2. The minimum Gasteiger partial charge on any atom is -0.490 e. The van der Waals surface area contributed by atoms with Crippen molar-refractivity contribution in [2.45, 2.75) is 99.9 Å². The van der Waals surface area contributed by atoms with Crippen molar-refractivity contribution in [3.8, 4) is 5.75 Å². The van der Waals surface area contributed by atoms with Crippen molar-refractivity contribution in [2.75, 3.05) is 63.9 Å². The molecule has 0 aromatic heterocycles. The fourth-order valence-electron chi connectivity index (χ4n) is 11.3. The molecule has 1 amide bonds. The lowest BCUT2D eigenvalue weighted by Crippen LogP contribution is -2.61. The smallest absolute Gasteiger partial charge is 0.264 e. The summed E-state index contributed by atoms with van der Waals surface area (Å²) in [5.41, 5.74) is 3.04. The summed E-state index contributed by atoms with van der Waals surface area (Å²) in [4.78, 5) is 21.6. The molecule has 9 rings (SSSR count). The Morgan fingerprint density at radius 1 is 1.04 bits per heavy atom. The van der Waals surface area contributed by atoms with Crippen molar-refractivity contribution in [3.63, 3.8) is 0 Å². The van der Waals surface area contributed by atoms with E-state index in [-0.39, 0.29) is 11.3 Å². The molecular formula is C43H57ClN4O5S. The third-order valence-corrected chi connectivity index (χ3v) is 17.0. The van der Waals surface area contributed by atoms with Crippen LogP contribution < -0.4 is 14.4 Å². The number of hydrogen-bond donors (Lipinski definition) is 1. The van der Waals surface area contributed by atoms with E-state index in [9.17, 15) is 13.2 Å². The Balaban J connectivity index is 1.11. The molecule has 3 aliphatic carbocycles. The highest BCUT2D eigenvalue weighted by molar-refractivity contribution is 7.91. The second-order valence-corrected chi connectivity index (χ2v) is 20.4. The molecule has 1 N–H and O–H groups in total. The second-order valence-electron chi connectivity index (χ2n) is 17.8. The van der Waals surface area contributed by atoms with Gasteiger partial charge in [-0.25, -0.2) is 13.1 Å². The highest BCUT2D eigenvalue weighted by Gasteiger charge is 2.60. The molecule has 2 aromatic carbocycles. The maximum Gasteiger partial charge on any atom is 0.264 e. The van der Waals surface area contributed by atoms with Crippen LogP contribution in [0.5, 0.6) is 5.75 Å². The van der Waals surface area contributed by atoms with E-state index >= 15 is 0 Å². The van der Waals surface area contributed by atoms with Crippen LogP contribution in [0.3, 0.4) is 0 Å². The predicted octanol–water partition coefficient (Wildman–Crippen LogP) is 6.58. The average Bonchev–Trinajstić information content (AvgIpc) is 3.85. The quantitative estimate of drug-likeness (QED) is 0.349. The summed E-state index contributed by atoms with van der Waals surface area (Å²) in [6.45, 7) is 11.9. The van der Waals surface area contributed by atoms with Crippen LogP contribution in [0.25, 0.3) is 0 Å². The van der Waals surface area contributed by atoms with Crippen molar-refractivity contribution in [1.82, 2.24) is 14.5 Å². The van der Waals surface area contributed by atoms with E-state index in [1.54, 1.807) is 13.0 Å². The second kappa shape index (κ2) is 14.1. The van der Waals surface area contributed by atoms with Gasteiger partial charge >= 0.3 is 0 Å². The lowest BCUT2D eigenvalue weighted by molar-refractivity contribution is -0.116. The van der Waals surface area contributed by atoms with E-state index in [1.807, 2.05) is 18.2 Å². The lowest BCUT2D eigenvalue weighted by Gasteiger charge is -2.53. The van der Waals surface area contributed by atoms with Gasteiger partial charge in [0.05, 0.1) is 17.0 Å². The van der Waals surface area contributed by atoms with Crippen LogP contribution in [0.4, 0.5) is 5.69 Å². The summed E-state index contributed by atoms with van der Waals surface area (Å²) in [5, 5.41) is 0.758. The Morgan fingerprint density at radius 3 is 2.76 bits per heavy atom. The normalized spacial score (nSPS) is 36.9. The molecule has 54 heavy (non-hydrogen) atoms. The minimum atomic E-state index is -3.93. The van der Waals surface area contributed by atoms with Crippen LogP contribution in [-0.2, 0) is 26.6 Å². The van der Waals surface area contributed by atoms with Gasteiger partial charge in [-0.15, -0.1) is 0 Å². The molecule has 11 heteroatoms. The molecule has 2 aromatic rings. The summed E-state index contributed by atoms with van der Waals surface area (Å²) < 4.78 is 42.9. The highest BCUT2D eigenvalue weighted by atomic mass is 35.5. The molecule has 292 valence electrons. The number of carbonyl (C=O) groups is 1. The van der Waals surface area contributed by atoms with Crippen molar-refractivity contribution in [2.24, 2.45) is 17.8 Å². The number of allylic oxidation sites excluding steroid dienone is 1. The summed E-state index contributed by atoms with van der Waals surface area (Å²) in [5.74, 6) is 0.756. The molecule has 7 aliphatic rings. The van der Waals surface area contributed by atoms with Gasteiger partial charge in [-0.2, -0.15) is 0 Å². The monoisotopic (exact) mass is 776 g/mol. The molecular weight excluding hydrogens is 720 g/mol. The van der Waals surface area contributed by atoms with E-state index in [0.29, 0.717) is 49.5 Å². The Labute approximate surface area is 326 Å². The third-order valence-electron chi connectivity index (χ3n) is 14.6. The third kappa shape index (κ3) is 6.49. The van der Waals surface area contributed by atoms with E-state index in [4.69, 9.17) is 21.1 Å². The van der Waals surface area contributed by atoms with Crippen LogP contribution in [0.1, 0.15) is 93.1 Å². The first-order chi connectivity index (χ1) is 26.0. The molecule has 0 radical (unpaired) electrons. The number of hydrogen-bond acceptors (Lipinski definition) is 8. The molecule has 2 bridgehead atoms. The summed E-state index contributed by atoms with van der Waals surface area (Å²) in [7, 11) is -3.93.